The van der Waals surface area contributed by atoms with Crippen molar-refractivity contribution in [3.05, 3.63) is 58.9 Å². The fourth-order valence-corrected chi connectivity index (χ4v) is 2.95. The number of aromatic nitrogens is 1. The van der Waals surface area contributed by atoms with E-state index < -0.39 is 0 Å². The van der Waals surface area contributed by atoms with E-state index in [1.165, 1.54) is 0 Å². The van der Waals surface area contributed by atoms with Crippen molar-refractivity contribution in [2.75, 3.05) is 13.7 Å². The highest BCUT2D eigenvalue weighted by Crippen LogP contribution is 2.33. The van der Waals surface area contributed by atoms with Crippen molar-refractivity contribution >= 4 is 17.6 Å². The number of carbonyl (C=O) groups excluding carboxylic acids is 1. The van der Waals surface area contributed by atoms with Crippen LogP contribution in [0.5, 0.6) is 5.75 Å². The Hall–Kier alpha value is -2.27. The van der Waals surface area contributed by atoms with Crippen LogP contribution in [0.25, 0.3) is 0 Å². The lowest BCUT2D eigenvalue weighted by atomic mass is 10.0. The molecule has 0 saturated carbocycles. The Morgan fingerprint density at radius 2 is 2.33 bits per heavy atom. The van der Waals surface area contributed by atoms with Crippen LogP contribution in [-0.4, -0.2) is 29.6 Å². The molecule has 3 rings (SSSR count). The molecule has 0 radical (unpaired) electrons. The molecule has 24 heavy (non-hydrogen) atoms. The number of amides is 2. The molecule has 1 N–H and O–H groups in total. The highest BCUT2D eigenvalue weighted by atomic mass is 35.5. The fraction of sp³-hybridized carbons (Fsp3) is 0.333. The molecule has 6 heteroatoms. The van der Waals surface area contributed by atoms with Gasteiger partial charge in [0.05, 0.1) is 12.6 Å². The molecule has 1 aliphatic heterocycles. The molecule has 1 aromatic heterocycles. The summed E-state index contributed by atoms with van der Waals surface area (Å²) in [5.74, 6) is 0.750. The SMILES string of the molecule is CN(Cc1cccnc1)C(=O)N[C@@H]1CCCOc2cc(Cl)ccc21. The molecule has 0 saturated heterocycles. The van der Waals surface area contributed by atoms with Gasteiger partial charge in [-0.25, -0.2) is 4.79 Å². The lowest BCUT2D eigenvalue weighted by Crippen LogP contribution is -2.39. The Morgan fingerprint density at radius 1 is 1.46 bits per heavy atom. The number of nitrogens with one attached hydrogen (secondary N) is 1. The molecule has 126 valence electrons. The molecular formula is C18H20ClN3O2. The number of hydrogen-bond acceptors (Lipinski definition) is 3. The second-order valence-electron chi connectivity index (χ2n) is 5.89. The van der Waals surface area contributed by atoms with E-state index in [1.807, 2.05) is 24.3 Å². The van der Waals surface area contributed by atoms with Gasteiger partial charge in [-0.15, -0.1) is 0 Å². The first-order chi connectivity index (χ1) is 11.6. The van der Waals surface area contributed by atoms with E-state index in [0.717, 1.165) is 29.7 Å². The zero-order valence-corrected chi connectivity index (χ0v) is 14.3. The molecule has 1 aliphatic rings. The molecule has 0 unspecified atom stereocenters. The van der Waals surface area contributed by atoms with Crippen LogP contribution in [0.1, 0.15) is 30.0 Å². The average Bonchev–Trinajstić information content (AvgIpc) is 2.77. The maximum absolute atomic E-state index is 12.5. The first kappa shape index (κ1) is 16.6. The molecule has 1 atom stereocenters. The Labute approximate surface area is 146 Å². The van der Waals surface area contributed by atoms with Gasteiger partial charge in [-0.05, 0) is 36.6 Å². The summed E-state index contributed by atoms with van der Waals surface area (Å²) in [5, 5.41) is 3.73. The van der Waals surface area contributed by atoms with Gasteiger partial charge >= 0.3 is 6.03 Å². The minimum Gasteiger partial charge on any atom is -0.493 e. The number of rotatable bonds is 3. The van der Waals surface area contributed by atoms with Gasteiger partial charge < -0.3 is 15.0 Å². The number of halogens is 1. The van der Waals surface area contributed by atoms with E-state index in [4.69, 9.17) is 16.3 Å². The van der Waals surface area contributed by atoms with Crippen molar-refractivity contribution in [1.29, 1.82) is 0 Å². The third-order valence-electron chi connectivity index (χ3n) is 4.03. The molecule has 0 spiro atoms. The maximum Gasteiger partial charge on any atom is 0.317 e. The van der Waals surface area contributed by atoms with E-state index in [2.05, 4.69) is 10.3 Å². The normalized spacial score (nSPS) is 16.5. The Bertz CT molecular complexity index is 709. The average molecular weight is 346 g/mol. The standard InChI is InChI=1S/C18H20ClN3O2/c1-22(12-13-4-2-8-20-11-13)18(23)21-16-5-3-9-24-17-10-14(19)6-7-15(16)17/h2,4,6-8,10-11,16H,3,5,9,12H2,1H3,(H,21,23)/t16-/m1/s1. The largest absolute Gasteiger partial charge is 0.493 e. The summed E-state index contributed by atoms with van der Waals surface area (Å²) in [6, 6.07) is 9.18. The Balaban J connectivity index is 1.70. The zero-order chi connectivity index (χ0) is 16.9. The summed E-state index contributed by atoms with van der Waals surface area (Å²) in [5.41, 5.74) is 1.96. The highest BCUT2D eigenvalue weighted by molar-refractivity contribution is 6.30. The third kappa shape index (κ3) is 3.97. The molecule has 0 aliphatic carbocycles. The Kier molecular flexibility index (Phi) is 5.20. The van der Waals surface area contributed by atoms with Gasteiger partial charge in [0.2, 0.25) is 0 Å². The van der Waals surface area contributed by atoms with E-state index in [-0.39, 0.29) is 12.1 Å². The van der Waals surface area contributed by atoms with Crippen LogP contribution in [0.2, 0.25) is 5.02 Å². The first-order valence-corrected chi connectivity index (χ1v) is 8.34. The van der Waals surface area contributed by atoms with Gasteiger partial charge in [0, 0.05) is 36.6 Å². The van der Waals surface area contributed by atoms with Crippen LogP contribution in [0.3, 0.4) is 0 Å². The van der Waals surface area contributed by atoms with Crippen molar-refractivity contribution in [2.45, 2.75) is 25.4 Å². The monoisotopic (exact) mass is 345 g/mol. The molecule has 0 bridgehead atoms. The summed E-state index contributed by atoms with van der Waals surface area (Å²) in [4.78, 5) is 18.3. The molecule has 0 fully saturated rings. The molecule has 1 aromatic carbocycles. The van der Waals surface area contributed by atoms with Crippen molar-refractivity contribution in [3.8, 4) is 5.75 Å². The minimum absolute atomic E-state index is 0.0800. The van der Waals surface area contributed by atoms with Crippen LogP contribution >= 0.6 is 11.6 Å². The van der Waals surface area contributed by atoms with Gasteiger partial charge in [-0.2, -0.15) is 0 Å². The summed E-state index contributed by atoms with van der Waals surface area (Å²) < 4.78 is 5.74. The van der Waals surface area contributed by atoms with Crippen molar-refractivity contribution in [3.63, 3.8) is 0 Å². The summed E-state index contributed by atoms with van der Waals surface area (Å²) in [6.07, 6.45) is 5.20. The van der Waals surface area contributed by atoms with E-state index in [0.29, 0.717) is 18.2 Å². The number of carbonyl (C=O) groups is 1. The van der Waals surface area contributed by atoms with E-state index in [9.17, 15) is 4.79 Å². The maximum atomic E-state index is 12.5. The van der Waals surface area contributed by atoms with Gasteiger partial charge in [0.15, 0.2) is 0 Å². The van der Waals surface area contributed by atoms with Gasteiger partial charge in [0.1, 0.15) is 5.75 Å². The predicted octanol–water partition coefficient (Wildman–Crippen LogP) is 3.79. The fourth-order valence-electron chi connectivity index (χ4n) is 2.79. The number of pyridine rings is 1. The second-order valence-corrected chi connectivity index (χ2v) is 6.33. The lowest BCUT2D eigenvalue weighted by Gasteiger charge is -2.23. The second kappa shape index (κ2) is 7.53. The molecular weight excluding hydrogens is 326 g/mol. The first-order valence-electron chi connectivity index (χ1n) is 7.96. The molecule has 2 amide bonds. The van der Waals surface area contributed by atoms with Crippen molar-refractivity contribution in [1.82, 2.24) is 15.2 Å². The predicted molar refractivity (Wildman–Crippen MR) is 93.2 cm³/mol. The van der Waals surface area contributed by atoms with E-state index >= 15 is 0 Å². The van der Waals surface area contributed by atoms with Crippen LogP contribution in [0.15, 0.2) is 42.7 Å². The molecule has 5 nitrogen and oxygen atoms in total. The van der Waals surface area contributed by atoms with Gasteiger partial charge in [0.25, 0.3) is 0 Å². The van der Waals surface area contributed by atoms with Crippen molar-refractivity contribution in [2.24, 2.45) is 0 Å². The third-order valence-corrected chi connectivity index (χ3v) is 4.27. The topological polar surface area (TPSA) is 54.5 Å². The van der Waals surface area contributed by atoms with Crippen LogP contribution < -0.4 is 10.1 Å². The van der Waals surface area contributed by atoms with E-state index in [1.54, 1.807) is 30.4 Å². The number of hydrogen-bond donors (Lipinski definition) is 1. The minimum atomic E-state index is -0.119. The number of urea groups is 1. The number of ether oxygens (including phenoxy) is 1. The van der Waals surface area contributed by atoms with Crippen LogP contribution in [-0.2, 0) is 6.54 Å². The zero-order valence-electron chi connectivity index (χ0n) is 13.5. The smallest absolute Gasteiger partial charge is 0.317 e. The Morgan fingerprint density at radius 3 is 3.12 bits per heavy atom. The lowest BCUT2D eigenvalue weighted by molar-refractivity contribution is 0.202. The van der Waals surface area contributed by atoms with Crippen LogP contribution in [0, 0.1) is 0 Å². The summed E-state index contributed by atoms with van der Waals surface area (Å²) >= 11 is 6.04. The number of benzene rings is 1. The van der Waals surface area contributed by atoms with Crippen molar-refractivity contribution < 1.29 is 9.53 Å². The molecule has 2 heterocycles. The quantitative estimate of drug-likeness (QED) is 0.920. The van der Waals surface area contributed by atoms with Gasteiger partial charge in [-0.1, -0.05) is 23.7 Å². The summed E-state index contributed by atoms with van der Waals surface area (Å²) in [6.45, 7) is 1.14. The highest BCUT2D eigenvalue weighted by Gasteiger charge is 2.23. The van der Waals surface area contributed by atoms with Gasteiger partial charge in [-0.3, -0.25) is 4.98 Å². The van der Waals surface area contributed by atoms with Crippen LogP contribution in [0.4, 0.5) is 4.79 Å². The molecule has 2 aromatic rings. The number of fused-ring (bicyclic) bond motifs is 1. The number of nitrogens with zero attached hydrogens (tertiary/aromatic N) is 2. The summed E-state index contributed by atoms with van der Waals surface area (Å²) in [7, 11) is 1.78.